The number of piperazine rings is 1. The number of nitrogens with one attached hydrogen (secondary N) is 2. The van der Waals surface area contributed by atoms with Crippen LogP contribution in [0.3, 0.4) is 0 Å². The van der Waals surface area contributed by atoms with Crippen molar-refractivity contribution in [2.24, 2.45) is 16.2 Å². The summed E-state index contributed by atoms with van der Waals surface area (Å²) in [4.78, 5) is 21.8. The molecule has 2 N–H and O–H groups in total. The monoisotopic (exact) mass is 781 g/mol. The van der Waals surface area contributed by atoms with Crippen molar-refractivity contribution in [3.8, 4) is 0 Å². The van der Waals surface area contributed by atoms with E-state index >= 15 is 0 Å². The molecule has 1 amide bonds. The molecule has 3 aliphatic rings. The van der Waals surface area contributed by atoms with Crippen LogP contribution in [0.5, 0.6) is 0 Å². The number of carbonyl (C=O) groups excluding carboxylic acids is 1. The molecule has 1 atom stereocenters. The number of likely N-dealkylation sites (tertiary alicyclic amines) is 2. The van der Waals surface area contributed by atoms with Crippen molar-refractivity contribution in [3.05, 3.63) is 0 Å². The second kappa shape index (κ2) is 23.1. The molecule has 9 heteroatoms. The second-order valence-electron chi connectivity index (χ2n) is 23.5. The molecule has 3 rings (SSSR count). The average molecular weight is 781 g/mol. The van der Waals surface area contributed by atoms with Gasteiger partial charge in [-0.05, 0) is 124 Å². The summed E-state index contributed by atoms with van der Waals surface area (Å²) in [5.74, 6) is 0.220. The van der Waals surface area contributed by atoms with Gasteiger partial charge in [-0.3, -0.25) is 9.69 Å². The van der Waals surface area contributed by atoms with Gasteiger partial charge >= 0.3 is 0 Å². The second-order valence-corrected chi connectivity index (χ2v) is 23.5. The Bertz CT molecular complexity index is 1020. The number of piperidine rings is 1. The Morgan fingerprint density at radius 1 is 0.545 bits per heavy atom. The first-order valence-corrected chi connectivity index (χ1v) is 22.1. The standard InChI is InChI=1S/C16H32N2O2.C16H34N2O.C14H30N2/c1-15(2,3)12-20-10-8-14(19)18-9-7-13(11-18)17-16(4,5)6;1-15(2,3)13-19-12-11-18-9-7-14(8-10-18)17-16(4,5)6;1-13(2,3)7-8-15-9-11-16(12-10-15)14(4,5)6/h13,17H,7-12H2,1-6H3;14,17H,7-13H2,1-6H3;7-12H2,1-6H3/t13-;;/m1../s1. The summed E-state index contributed by atoms with van der Waals surface area (Å²) in [5, 5.41) is 7.27. The lowest BCUT2D eigenvalue weighted by molar-refractivity contribution is -0.131. The number of ether oxygens (including phenoxy) is 2. The lowest BCUT2D eigenvalue weighted by Gasteiger charge is -2.42. The van der Waals surface area contributed by atoms with Gasteiger partial charge < -0.3 is 34.8 Å². The first-order valence-electron chi connectivity index (χ1n) is 22.1. The van der Waals surface area contributed by atoms with Gasteiger partial charge in [0.05, 0.1) is 32.8 Å². The van der Waals surface area contributed by atoms with E-state index in [9.17, 15) is 4.79 Å². The van der Waals surface area contributed by atoms with Gasteiger partial charge in [0.1, 0.15) is 0 Å². The van der Waals surface area contributed by atoms with Crippen molar-refractivity contribution >= 4 is 5.91 Å². The molecule has 3 aliphatic heterocycles. The Balaban J connectivity index is 0.000000415. The molecule has 0 radical (unpaired) electrons. The molecule has 9 nitrogen and oxygen atoms in total. The summed E-state index contributed by atoms with van der Waals surface area (Å²) < 4.78 is 11.3. The van der Waals surface area contributed by atoms with E-state index in [1.165, 1.54) is 65.1 Å². The summed E-state index contributed by atoms with van der Waals surface area (Å²) in [7, 11) is 0. The normalized spacial score (nSPS) is 20.5. The zero-order valence-corrected chi connectivity index (χ0v) is 40.1. The number of carbonyl (C=O) groups is 1. The van der Waals surface area contributed by atoms with Crippen LogP contribution in [0.1, 0.15) is 157 Å². The third kappa shape index (κ3) is 28.3. The van der Waals surface area contributed by atoms with Crippen LogP contribution in [-0.2, 0) is 14.3 Å². The third-order valence-electron chi connectivity index (χ3n) is 9.98. The van der Waals surface area contributed by atoms with E-state index in [-0.39, 0.29) is 27.8 Å². The number of rotatable bonds is 12. The lowest BCUT2D eigenvalue weighted by Crippen LogP contribution is -2.53. The van der Waals surface area contributed by atoms with Gasteiger partial charge in [0.25, 0.3) is 0 Å². The molecular weight excluding hydrogens is 685 g/mol. The Labute approximate surface area is 343 Å². The summed E-state index contributed by atoms with van der Waals surface area (Å²) in [6, 6.07) is 1.11. The fourth-order valence-corrected chi connectivity index (χ4v) is 7.03. The van der Waals surface area contributed by atoms with Crippen molar-refractivity contribution in [2.75, 3.05) is 91.9 Å². The van der Waals surface area contributed by atoms with Gasteiger partial charge in [-0.15, -0.1) is 0 Å². The first-order chi connectivity index (χ1) is 24.9. The van der Waals surface area contributed by atoms with Gasteiger partial charge in [-0.1, -0.05) is 62.3 Å². The van der Waals surface area contributed by atoms with E-state index < -0.39 is 0 Å². The van der Waals surface area contributed by atoms with Crippen LogP contribution in [0.2, 0.25) is 0 Å². The number of nitrogens with zero attached hydrogens (tertiary/aromatic N) is 4. The number of hydrogen-bond donors (Lipinski definition) is 2. The zero-order valence-electron chi connectivity index (χ0n) is 40.1. The Morgan fingerprint density at radius 2 is 1.00 bits per heavy atom. The van der Waals surface area contributed by atoms with Crippen LogP contribution in [0.4, 0.5) is 0 Å². The SMILES string of the molecule is CC(C)(C)CCN1CCN(C(C)(C)C)CC1.CC(C)(C)COCCC(=O)N1CC[C@@H](NC(C)(C)C)C1.CC(C)(C)COCCN1CCC(NC(C)(C)C)CC1. The van der Waals surface area contributed by atoms with Crippen molar-refractivity contribution in [2.45, 2.75) is 185 Å². The van der Waals surface area contributed by atoms with E-state index in [0.717, 1.165) is 39.3 Å². The van der Waals surface area contributed by atoms with Crippen LogP contribution in [0, 0.1) is 16.2 Å². The van der Waals surface area contributed by atoms with Crippen LogP contribution >= 0.6 is 0 Å². The predicted octanol–water partition coefficient (Wildman–Crippen LogP) is 8.17. The fraction of sp³-hybridized carbons (Fsp3) is 0.978. The van der Waals surface area contributed by atoms with Gasteiger partial charge in [0.2, 0.25) is 5.91 Å². The first kappa shape index (κ1) is 52.2. The van der Waals surface area contributed by atoms with E-state index in [2.05, 4.69) is 150 Å². The smallest absolute Gasteiger partial charge is 0.224 e. The molecule has 0 spiro atoms. The highest BCUT2D eigenvalue weighted by atomic mass is 16.5. The highest BCUT2D eigenvalue weighted by molar-refractivity contribution is 5.76. The van der Waals surface area contributed by atoms with Crippen LogP contribution < -0.4 is 10.6 Å². The third-order valence-corrected chi connectivity index (χ3v) is 9.98. The number of amides is 1. The van der Waals surface area contributed by atoms with E-state index in [4.69, 9.17) is 9.47 Å². The molecule has 328 valence electrons. The Kier molecular flexibility index (Phi) is 21.9. The Morgan fingerprint density at radius 3 is 1.45 bits per heavy atom. The topological polar surface area (TPSA) is 72.5 Å². The van der Waals surface area contributed by atoms with Crippen molar-refractivity contribution < 1.29 is 14.3 Å². The summed E-state index contributed by atoms with van der Waals surface area (Å²) >= 11 is 0. The van der Waals surface area contributed by atoms with E-state index in [0.29, 0.717) is 42.7 Å². The average Bonchev–Trinajstić information content (AvgIpc) is 3.47. The maximum Gasteiger partial charge on any atom is 0.224 e. The van der Waals surface area contributed by atoms with Crippen molar-refractivity contribution in [3.63, 3.8) is 0 Å². The molecule has 0 aliphatic carbocycles. The highest BCUT2D eigenvalue weighted by Crippen LogP contribution is 2.21. The Hall–Kier alpha value is -0.810. The van der Waals surface area contributed by atoms with Crippen molar-refractivity contribution in [1.29, 1.82) is 0 Å². The molecule has 55 heavy (non-hydrogen) atoms. The van der Waals surface area contributed by atoms with Crippen LogP contribution in [0.15, 0.2) is 0 Å². The quantitative estimate of drug-likeness (QED) is 0.193. The van der Waals surface area contributed by atoms with Crippen LogP contribution in [0.25, 0.3) is 0 Å². The summed E-state index contributed by atoms with van der Waals surface area (Å²) in [6.07, 6.45) is 5.37. The molecule has 0 saturated carbocycles. The van der Waals surface area contributed by atoms with Gasteiger partial charge in [-0.25, -0.2) is 0 Å². The number of hydrogen-bond acceptors (Lipinski definition) is 8. The molecule has 3 heterocycles. The van der Waals surface area contributed by atoms with Crippen LogP contribution in [-0.4, -0.2) is 146 Å². The minimum Gasteiger partial charge on any atom is -0.380 e. The van der Waals surface area contributed by atoms with Gasteiger partial charge in [0, 0.05) is 74.5 Å². The molecule has 3 saturated heterocycles. The maximum absolute atomic E-state index is 12.1. The van der Waals surface area contributed by atoms with Gasteiger partial charge in [0.15, 0.2) is 0 Å². The van der Waals surface area contributed by atoms with Crippen molar-refractivity contribution in [1.82, 2.24) is 30.2 Å². The molecule has 3 fully saturated rings. The minimum absolute atomic E-state index is 0.111. The molecule has 0 bridgehead atoms. The largest absolute Gasteiger partial charge is 0.380 e. The zero-order chi connectivity index (χ0) is 42.3. The molecular formula is C46H96N6O3. The fourth-order valence-electron chi connectivity index (χ4n) is 7.03. The van der Waals surface area contributed by atoms with Gasteiger partial charge in [-0.2, -0.15) is 0 Å². The summed E-state index contributed by atoms with van der Waals surface area (Å²) in [6.45, 7) is 54.6. The van der Waals surface area contributed by atoms with E-state index in [1.54, 1.807) is 0 Å². The summed E-state index contributed by atoms with van der Waals surface area (Å²) in [5.41, 5.74) is 1.61. The predicted molar refractivity (Wildman–Crippen MR) is 237 cm³/mol. The van der Waals surface area contributed by atoms with E-state index in [1.807, 2.05) is 4.90 Å². The maximum atomic E-state index is 12.1. The molecule has 0 aromatic carbocycles. The molecule has 0 aromatic heterocycles. The lowest BCUT2D eigenvalue weighted by atomic mass is 9.92. The highest BCUT2D eigenvalue weighted by Gasteiger charge is 2.29. The molecule has 0 unspecified atom stereocenters. The molecule has 0 aromatic rings. The minimum atomic E-state index is 0.111.